The predicted octanol–water partition coefficient (Wildman–Crippen LogP) is 1.20. The molecule has 0 radical (unpaired) electrons. The lowest BCUT2D eigenvalue weighted by Crippen LogP contribution is -2.27. The van der Waals surface area contributed by atoms with E-state index in [0.717, 1.165) is 0 Å². The minimum absolute atomic E-state index is 0.637. The summed E-state index contributed by atoms with van der Waals surface area (Å²) in [5.74, 6) is -1.01. The maximum Gasteiger partial charge on any atom is 0.324 e. The molecule has 82 valence electrons. The Kier molecular flexibility index (Phi) is 5.67. The molecule has 0 aliphatic rings. The molecule has 0 amide bonds. The standard InChI is InChI=1S/C9H19NO3Si/c1-14(2,3)13-7-5-4-6-8(10)9(11)12/h4,6,8H,5,7,10H2,1-3H3,(H,11,12)/b6-4+/t8-/m1/s1. The molecule has 0 bridgehead atoms. The number of carbonyl (C=O) groups is 1. The molecule has 0 aliphatic carbocycles. The third-order valence-electron chi connectivity index (χ3n) is 1.45. The van der Waals surface area contributed by atoms with E-state index >= 15 is 0 Å². The van der Waals surface area contributed by atoms with Crippen LogP contribution in [0.25, 0.3) is 0 Å². The Morgan fingerprint density at radius 1 is 1.57 bits per heavy atom. The highest BCUT2D eigenvalue weighted by atomic mass is 28.4. The molecule has 0 heterocycles. The summed E-state index contributed by atoms with van der Waals surface area (Å²) in [6, 6.07) is -0.901. The molecule has 0 spiro atoms. The first kappa shape index (κ1) is 13.3. The van der Waals surface area contributed by atoms with Crippen molar-refractivity contribution in [2.75, 3.05) is 6.61 Å². The van der Waals surface area contributed by atoms with Gasteiger partial charge in [0.2, 0.25) is 0 Å². The molecule has 14 heavy (non-hydrogen) atoms. The normalized spacial score (nSPS) is 14.6. The maximum absolute atomic E-state index is 10.3. The summed E-state index contributed by atoms with van der Waals surface area (Å²) in [5, 5.41) is 8.47. The number of carboxylic acid groups (broad SMARTS) is 1. The third kappa shape index (κ3) is 7.97. The Morgan fingerprint density at radius 3 is 2.57 bits per heavy atom. The van der Waals surface area contributed by atoms with Crippen LogP contribution in [0.4, 0.5) is 0 Å². The van der Waals surface area contributed by atoms with Gasteiger partial charge < -0.3 is 15.3 Å². The fraction of sp³-hybridized carbons (Fsp3) is 0.667. The SMILES string of the molecule is C[Si](C)(C)OCC/C=C/[C@@H](N)C(=O)O. The number of rotatable bonds is 6. The van der Waals surface area contributed by atoms with Crippen LogP contribution in [-0.4, -0.2) is 32.0 Å². The molecular formula is C9H19NO3Si. The van der Waals surface area contributed by atoms with Crippen molar-refractivity contribution in [3.05, 3.63) is 12.2 Å². The molecule has 1 atom stereocenters. The number of carboxylic acids is 1. The number of hydrogen-bond acceptors (Lipinski definition) is 3. The van der Waals surface area contributed by atoms with E-state index in [9.17, 15) is 4.79 Å². The highest BCUT2D eigenvalue weighted by molar-refractivity contribution is 6.69. The Morgan fingerprint density at radius 2 is 2.14 bits per heavy atom. The van der Waals surface area contributed by atoms with E-state index in [-0.39, 0.29) is 0 Å². The molecule has 0 saturated heterocycles. The van der Waals surface area contributed by atoms with Crippen molar-refractivity contribution < 1.29 is 14.3 Å². The van der Waals surface area contributed by atoms with Crippen molar-refractivity contribution >= 4 is 14.3 Å². The van der Waals surface area contributed by atoms with Crippen LogP contribution in [0.2, 0.25) is 19.6 Å². The minimum Gasteiger partial charge on any atom is -0.480 e. The first-order chi connectivity index (χ1) is 6.33. The highest BCUT2D eigenvalue weighted by Gasteiger charge is 2.12. The summed E-state index contributed by atoms with van der Waals surface area (Å²) in [6.45, 7) is 6.97. The quantitative estimate of drug-likeness (QED) is 0.398. The van der Waals surface area contributed by atoms with Crippen LogP contribution in [0.3, 0.4) is 0 Å². The zero-order chi connectivity index (χ0) is 11.2. The Balaban J connectivity index is 3.59. The fourth-order valence-corrected chi connectivity index (χ4v) is 1.49. The predicted molar refractivity (Wildman–Crippen MR) is 58.7 cm³/mol. The minimum atomic E-state index is -1.44. The second kappa shape index (κ2) is 5.95. The highest BCUT2D eigenvalue weighted by Crippen LogP contribution is 2.03. The van der Waals surface area contributed by atoms with E-state index in [4.69, 9.17) is 15.3 Å². The molecule has 0 saturated carbocycles. The van der Waals surface area contributed by atoms with Crippen LogP contribution >= 0.6 is 0 Å². The van der Waals surface area contributed by atoms with Crippen LogP contribution in [0, 0.1) is 0 Å². The second-order valence-electron chi connectivity index (χ2n) is 4.04. The molecule has 3 N–H and O–H groups in total. The Labute approximate surface area is 85.9 Å². The molecule has 0 aromatic heterocycles. The van der Waals surface area contributed by atoms with Gasteiger partial charge in [0.25, 0.3) is 0 Å². The van der Waals surface area contributed by atoms with Gasteiger partial charge in [0.1, 0.15) is 6.04 Å². The zero-order valence-corrected chi connectivity index (χ0v) is 9.99. The van der Waals surface area contributed by atoms with E-state index in [0.29, 0.717) is 13.0 Å². The molecule has 0 aromatic rings. The number of nitrogens with two attached hydrogens (primary N) is 1. The summed E-state index contributed by atoms with van der Waals surface area (Å²) in [7, 11) is -1.44. The molecule has 4 nitrogen and oxygen atoms in total. The first-order valence-corrected chi connectivity index (χ1v) is 8.03. The van der Waals surface area contributed by atoms with E-state index < -0.39 is 20.3 Å². The van der Waals surface area contributed by atoms with Gasteiger partial charge in [-0.15, -0.1) is 0 Å². The number of aliphatic carboxylic acids is 1. The summed E-state index contributed by atoms with van der Waals surface area (Å²) >= 11 is 0. The van der Waals surface area contributed by atoms with Gasteiger partial charge in [-0.3, -0.25) is 4.79 Å². The van der Waals surface area contributed by atoms with E-state index in [1.807, 2.05) is 0 Å². The van der Waals surface area contributed by atoms with Gasteiger partial charge >= 0.3 is 5.97 Å². The molecule has 5 heteroatoms. The lowest BCUT2D eigenvalue weighted by molar-refractivity contribution is -0.137. The molecule has 0 fully saturated rings. The fourth-order valence-electron chi connectivity index (χ4n) is 0.758. The van der Waals surface area contributed by atoms with Crippen molar-refractivity contribution in [1.82, 2.24) is 0 Å². The van der Waals surface area contributed by atoms with Crippen LogP contribution in [0.5, 0.6) is 0 Å². The van der Waals surface area contributed by atoms with Gasteiger partial charge in [-0.25, -0.2) is 0 Å². The number of hydrogen-bond donors (Lipinski definition) is 2. The van der Waals surface area contributed by atoms with Gasteiger partial charge in [-0.05, 0) is 26.1 Å². The largest absolute Gasteiger partial charge is 0.480 e. The van der Waals surface area contributed by atoms with Gasteiger partial charge in [0.05, 0.1) is 0 Å². The summed E-state index contributed by atoms with van der Waals surface area (Å²) in [6.07, 6.45) is 3.94. The van der Waals surface area contributed by atoms with Crippen molar-refractivity contribution in [2.45, 2.75) is 32.1 Å². The molecule has 0 rings (SSSR count). The van der Waals surface area contributed by atoms with Gasteiger partial charge in [-0.2, -0.15) is 0 Å². The van der Waals surface area contributed by atoms with Crippen molar-refractivity contribution in [3.63, 3.8) is 0 Å². The first-order valence-electron chi connectivity index (χ1n) is 4.62. The van der Waals surface area contributed by atoms with E-state index in [1.54, 1.807) is 6.08 Å². The Hall–Kier alpha value is -0.653. The Bertz CT molecular complexity index is 211. The molecule has 0 aromatic carbocycles. The third-order valence-corrected chi connectivity index (χ3v) is 2.52. The van der Waals surface area contributed by atoms with Crippen molar-refractivity contribution in [1.29, 1.82) is 0 Å². The van der Waals surface area contributed by atoms with Gasteiger partial charge in [-0.1, -0.05) is 12.2 Å². The average molecular weight is 217 g/mol. The molecule has 0 unspecified atom stereocenters. The van der Waals surface area contributed by atoms with E-state index in [1.165, 1.54) is 6.08 Å². The van der Waals surface area contributed by atoms with E-state index in [2.05, 4.69) is 19.6 Å². The van der Waals surface area contributed by atoms with Crippen LogP contribution < -0.4 is 5.73 Å². The monoisotopic (exact) mass is 217 g/mol. The lowest BCUT2D eigenvalue weighted by Gasteiger charge is -2.15. The smallest absolute Gasteiger partial charge is 0.324 e. The van der Waals surface area contributed by atoms with Crippen molar-refractivity contribution in [2.24, 2.45) is 5.73 Å². The summed E-state index contributed by atoms with van der Waals surface area (Å²) in [5.41, 5.74) is 5.27. The molecule has 0 aliphatic heterocycles. The average Bonchev–Trinajstić information content (AvgIpc) is 2.01. The van der Waals surface area contributed by atoms with Crippen LogP contribution in [0.15, 0.2) is 12.2 Å². The second-order valence-corrected chi connectivity index (χ2v) is 8.56. The maximum atomic E-state index is 10.3. The lowest BCUT2D eigenvalue weighted by atomic mass is 10.2. The van der Waals surface area contributed by atoms with Crippen LogP contribution in [-0.2, 0) is 9.22 Å². The van der Waals surface area contributed by atoms with Crippen LogP contribution in [0.1, 0.15) is 6.42 Å². The zero-order valence-electron chi connectivity index (χ0n) is 8.99. The van der Waals surface area contributed by atoms with Crippen molar-refractivity contribution in [3.8, 4) is 0 Å². The molecular weight excluding hydrogens is 198 g/mol. The summed E-state index contributed by atoms with van der Waals surface area (Å²) < 4.78 is 5.57. The van der Waals surface area contributed by atoms with Gasteiger partial charge in [0.15, 0.2) is 8.32 Å². The topological polar surface area (TPSA) is 72.5 Å². The van der Waals surface area contributed by atoms with Gasteiger partial charge in [0, 0.05) is 6.61 Å². The summed E-state index contributed by atoms with van der Waals surface area (Å²) in [4.78, 5) is 10.3.